The van der Waals surface area contributed by atoms with Crippen molar-refractivity contribution < 1.29 is 9.53 Å². The first kappa shape index (κ1) is 11.0. The number of ketones is 1. The maximum atomic E-state index is 11.2. The molecular weight excluding hydrogens is 279 g/mol. The lowest BCUT2D eigenvalue weighted by molar-refractivity contribution is -0.114. The van der Waals surface area contributed by atoms with Crippen molar-refractivity contribution in [3.8, 4) is 0 Å². The van der Waals surface area contributed by atoms with Gasteiger partial charge in [0.2, 0.25) is 0 Å². The fourth-order valence-electron chi connectivity index (χ4n) is 1.48. The highest BCUT2D eigenvalue weighted by atomic mass is 127. The number of allylic oxidation sites excluding steroid dienone is 2. The highest BCUT2D eigenvalue weighted by Crippen LogP contribution is 2.36. The van der Waals surface area contributed by atoms with Gasteiger partial charge in [-0.1, -0.05) is 22.6 Å². The molecule has 1 atom stereocenters. The minimum Gasteiger partial charge on any atom is -0.491 e. The number of rotatable bonds is 1. The van der Waals surface area contributed by atoms with Crippen molar-refractivity contribution in [3.05, 3.63) is 11.3 Å². The van der Waals surface area contributed by atoms with E-state index in [2.05, 4.69) is 36.4 Å². The van der Waals surface area contributed by atoms with E-state index in [1.165, 1.54) is 0 Å². The van der Waals surface area contributed by atoms with Crippen LogP contribution in [0.2, 0.25) is 0 Å². The molecule has 0 bridgehead atoms. The van der Waals surface area contributed by atoms with Gasteiger partial charge < -0.3 is 4.74 Å². The van der Waals surface area contributed by atoms with Crippen molar-refractivity contribution in [2.45, 2.75) is 43.6 Å². The van der Waals surface area contributed by atoms with Crippen LogP contribution in [0, 0.1) is 0 Å². The van der Waals surface area contributed by atoms with E-state index in [1.807, 2.05) is 6.92 Å². The molecule has 0 saturated carbocycles. The lowest BCUT2D eigenvalue weighted by Crippen LogP contribution is -2.39. The third kappa shape index (κ3) is 2.24. The molecule has 1 heterocycles. The molecule has 1 aliphatic rings. The fraction of sp³-hybridized carbons (Fsp3) is 0.700. The van der Waals surface area contributed by atoms with Gasteiger partial charge in [0.25, 0.3) is 0 Å². The predicted molar refractivity (Wildman–Crippen MR) is 61.0 cm³/mol. The van der Waals surface area contributed by atoms with Crippen molar-refractivity contribution >= 4 is 28.4 Å². The molecule has 13 heavy (non-hydrogen) atoms. The Morgan fingerprint density at radius 1 is 1.62 bits per heavy atom. The standard InChI is InChI=1S/C10H15IO2/c1-6(12)8-5-9(11)10(3,4)13-7(8)2/h9H,5H2,1-4H3. The minimum absolute atomic E-state index is 0.134. The molecule has 0 fully saturated rings. The summed E-state index contributed by atoms with van der Waals surface area (Å²) >= 11 is 2.35. The van der Waals surface area contributed by atoms with Gasteiger partial charge >= 0.3 is 0 Å². The maximum Gasteiger partial charge on any atom is 0.159 e. The second kappa shape index (κ2) is 3.59. The quantitative estimate of drug-likeness (QED) is 0.549. The highest BCUT2D eigenvalue weighted by Gasteiger charge is 2.36. The number of carbonyl (C=O) groups is 1. The zero-order valence-electron chi connectivity index (χ0n) is 8.48. The van der Waals surface area contributed by atoms with Crippen molar-refractivity contribution in [2.24, 2.45) is 0 Å². The molecule has 0 saturated heterocycles. The van der Waals surface area contributed by atoms with Gasteiger partial charge in [0.15, 0.2) is 5.78 Å². The molecule has 0 aliphatic carbocycles. The summed E-state index contributed by atoms with van der Waals surface area (Å²) in [4.78, 5) is 11.2. The van der Waals surface area contributed by atoms with Crippen LogP contribution in [-0.2, 0) is 9.53 Å². The number of Topliss-reactive ketones (excluding diaryl/α,β-unsaturated/α-hetero) is 1. The smallest absolute Gasteiger partial charge is 0.159 e. The SMILES string of the molecule is CC(=O)C1=C(C)OC(C)(C)C(I)C1. The Bertz CT molecular complexity index is 266. The van der Waals surface area contributed by atoms with Crippen LogP contribution in [0.5, 0.6) is 0 Å². The Kier molecular flexibility index (Phi) is 3.05. The van der Waals surface area contributed by atoms with Crippen LogP contribution in [0.25, 0.3) is 0 Å². The predicted octanol–water partition coefficient (Wildman–Crippen LogP) is 2.85. The van der Waals surface area contributed by atoms with E-state index in [0.717, 1.165) is 17.8 Å². The number of hydrogen-bond donors (Lipinski definition) is 0. The zero-order chi connectivity index (χ0) is 10.2. The van der Waals surface area contributed by atoms with Crippen LogP contribution in [0.1, 0.15) is 34.1 Å². The number of ether oxygens (including phenoxy) is 1. The van der Waals surface area contributed by atoms with E-state index in [-0.39, 0.29) is 11.4 Å². The molecular formula is C10H15IO2. The molecule has 1 aliphatic heterocycles. The molecule has 0 amide bonds. The number of alkyl halides is 1. The molecule has 2 nitrogen and oxygen atoms in total. The summed E-state index contributed by atoms with van der Waals surface area (Å²) in [5.41, 5.74) is 0.697. The number of hydrogen-bond acceptors (Lipinski definition) is 2. The Morgan fingerprint density at radius 2 is 2.15 bits per heavy atom. The molecule has 0 aromatic rings. The first-order chi connectivity index (χ1) is 5.84. The largest absolute Gasteiger partial charge is 0.491 e. The van der Waals surface area contributed by atoms with E-state index in [1.54, 1.807) is 6.92 Å². The minimum atomic E-state index is -0.149. The van der Waals surface area contributed by atoms with Crippen molar-refractivity contribution in [3.63, 3.8) is 0 Å². The third-order valence-corrected chi connectivity index (χ3v) is 4.34. The van der Waals surface area contributed by atoms with Crippen LogP contribution in [-0.4, -0.2) is 15.3 Å². The van der Waals surface area contributed by atoms with Crippen molar-refractivity contribution in [1.29, 1.82) is 0 Å². The van der Waals surface area contributed by atoms with Gasteiger partial charge in [-0.05, 0) is 34.1 Å². The Morgan fingerprint density at radius 3 is 2.62 bits per heavy atom. The average molecular weight is 294 g/mol. The third-order valence-electron chi connectivity index (χ3n) is 2.40. The Hall–Kier alpha value is -0.0600. The van der Waals surface area contributed by atoms with Crippen LogP contribution >= 0.6 is 22.6 Å². The summed E-state index contributed by atoms with van der Waals surface area (Å²) in [6.45, 7) is 7.60. The van der Waals surface area contributed by atoms with Gasteiger partial charge in [-0.3, -0.25) is 4.79 Å². The summed E-state index contributed by atoms with van der Waals surface area (Å²) in [6.07, 6.45) is 0.828. The van der Waals surface area contributed by atoms with E-state index in [4.69, 9.17) is 4.74 Å². The summed E-state index contributed by atoms with van der Waals surface area (Å²) in [5, 5.41) is 0. The van der Waals surface area contributed by atoms with Crippen LogP contribution in [0.15, 0.2) is 11.3 Å². The summed E-state index contributed by atoms with van der Waals surface area (Å²) in [7, 11) is 0. The van der Waals surface area contributed by atoms with E-state index < -0.39 is 0 Å². The molecule has 1 rings (SSSR count). The van der Waals surface area contributed by atoms with Crippen LogP contribution in [0.3, 0.4) is 0 Å². The van der Waals surface area contributed by atoms with Gasteiger partial charge in [-0.15, -0.1) is 0 Å². The van der Waals surface area contributed by atoms with Crippen LogP contribution < -0.4 is 0 Å². The van der Waals surface area contributed by atoms with E-state index in [9.17, 15) is 4.79 Å². The lowest BCUT2D eigenvalue weighted by Gasteiger charge is -2.37. The Balaban J connectivity index is 2.96. The van der Waals surface area contributed by atoms with E-state index in [0.29, 0.717) is 3.92 Å². The highest BCUT2D eigenvalue weighted by molar-refractivity contribution is 14.1. The monoisotopic (exact) mass is 294 g/mol. The molecule has 0 spiro atoms. The van der Waals surface area contributed by atoms with Crippen molar-refractivity contribution in [2.75, 3.05) is 0 Å². The Labute approximate surface area is 92.9 Å². The summed E-state index contributed by atoms with van der Waals surface area (Å²) < 4.78 is 6.08. The topological polar surface area (TPSA) is 26.3 Å². The molecule has 74 valence electrons. The van der Waals surface area contributed by atoms with Gasteiger partial charge in [-0.25, -0.2) is 0 Å². The maximum absolute atomic E-state index is 11.2. The summed E-state index contributed by atoms with van der Waals surface area (Å²) in [6, 6.07) is 0. The van der Waals surface area contributed by atoms with Gasteiger partial charge in [-0.2, -0.15) is 0 Å². The second-order valence-corrected chi connectivity index (χ2v) is 5.47. The first-order valence-electron chi connectivity index (χ1n) is 4.38. The molecule has 0 radical (unpaired) electrons. The number of carbonyl (C=O) groups excluding carboxylic acids is 1. The molecule has 0 N–H and O–H groups in total. The molecule has 3 heteroatoms. The second-order valence-electron chi connectivity index (χ2n) is 3.97. The van der Waals surface area contributed by atoms with Crippen LogP contribution in [0.4, 0.5) is 0 Å². The van der Waals surface area contributed by atoms with Gasteiger partial charge in [0, 0.05) is 5.57 Å². The van der Waals surface area contributed by atoms with Crippen molar-refractivity contribution in [1.82, 2.24) is 0 Å². The molecule has 1 unspecified atom stereocenters. The van der Waals surface area contributed by atoms with E-state index >= 15 is 0 Å². The lowest BCUT2D eigenvalue weighted by atomic mass is 9.93. The molecule has 0 aromatic heterocycles. The average Bonchev–Trinajstić information content (AvgIpc) is 1.95. The zero-order valence-corrected chi connectivity index (χ0v) is 10.6. The van der Waals surface area contributed by atoms with Gasteiger partial charge in [0.05, 0.1) is 3.92 Å². The fourth-order valence-corrected chi connectivity index (χ4v) is 2.05. The normalized spacial score (nSPS) is 27.0. The first-order valence-corrected chi connectivity index (χ1v) is 5.63. The van der Waals surface area contributed by atoms with Gasteiger partial charge in [0.1, 0.15) is 11.4 Å². The summed E-state index contributed by atoms with van der Waals surface area (Å²) in [5.74, 6) is 0.931. The molecule has 0 aromatic carbocycles. The number of halogens is 1.